The number of hydrogen-bond acceptors (Lipinski definition) is 2. The number of amides is 1. The smallest absolute Gasteiger partial charge is 0.264 e. The van der Waals surface area contributed by atoms with Crippen molar-refractivity contribution < 1.29 is 4.79 Å². The lowest BCUT2D eigenvalue weighted by Gasteiger charge is -2.18. The number of benzene rings is 2. The molecular weight excluding hydrogens is 360 g/mol. The van der Waals surface area contributed by atoms with Gasteiger partial charge in [0.25, 0.3) is 5.91 Å². The van der Waals surface area contributed by atoms with Crippen LogP contribution in [0.3, 0.4) is 0 Å². The number of carbonyl (C=O) groups excluding carboxylic acids is 1. The molecule has 144 valence electrons. The number of carbonyl (C=O) groups is 1. The Kier molecular flexibility index (Phi) is 4.09. The fraction of sp³-hybridized carbons (Fsp3) is 0.167. The normalized spacial score (nSPS) is 13.0. The Morgan fingerprint density at radius 2 is 1.76 bits per heavy atom. The Morgan fingerprint density at radius 1 is 0.966 bits per heavy atom. The van der Waals surface area contributed by atoms with E-state index in [1.165, 1.54) is 5.56 Å². The lowest BCUT2D eigenvalue weighted by molar-refractivity contribution is 0.0989. The molecule has 2 aromatic carbocycles. The summed E-state index contributed by atoms with van der Waals surface area (Å²) in [5, 5.41) is 4.77. The summed E-state index contributed by atoms with van der Waals surface area (Å²) in [6.45, 7) is 4.66. The quantitative estimate of drug-likeness (QED) is 0.524. The molecule has 0 fully saturated rings. The molecular formula is C24H22N4O. The molecule has 0 unspecified atom stereocenters. The van der Waals surface area contributed by atoms with Crippen molar-refractivity contribution in [3.63, 3.8) is 0 Å². The van der Waals surface area contributed by atoms with E-state index >= 15 is 0 Å². The predicted molar refractivity (Wildman–Crippen MR) is 114 cm³/mol. The monoisotopic (exact) mass is 382 g/mol. The highest BCUT2D eigenvalue weighted by Crippen LogP contribution is 2.32. The number of nitrogens with zero attached hydrogens (tertiary/aromatic N) is 4. The van der Waals surface area contributed by atoms with Gasteiger partial charge >= 0.3 is 0 Å². The summed E-state index contributed by atoms with van der Waals surface area (Å²) in [7, 11) is 0. The summed E-state index contributed by atoms with van der Waals surface area (Å²) in [4.78, 5) is 15.6. The largest absolute Gasteiger partial charge is 0.308 e. The Morgan fingerprint density at radius 3 is 2.55 bits per heavy atom. The number of para-hydroxylation sites is 1. The van der Waals surface area contributed by atoms with Gasteiger partial charge in [0, 0.05) is 24.6 Å². The third kappa shape index (κ3) is 2.86. The highest BCUT2D eigenvalue weighted by Gasteiger charge is 2.31. The van der Waals surface area contributed by atoms with Gasteiger partial charge in [-0.15, -0.1) is 0 Å². The molecule has 3 heterocycles. The topological polar surface area (TPSA) is 43.1 Å². The van der Waals surface area contributed by atoms with Crippen molar-refractivity contribution in [2.24, 2.45) is 0 Å². The van der Waals surface area contributed by atoms with Crippen LogP contribution in [0.2, 0.25) is 0 Å². The number of aromatic nitrogens is 3. The van der Waals surface area contributed by atoms with Gasteiger partial charge in [0.1, 0.15) is 5.56 Å². The average molecular weight is 382 g/mol. The van der Waals surface area contributed by atoms with E-state index in [-0.39, 0.29) is 5.91 Å². The van der Waals surface area contributed by atoms with Crippen LogP contribution in [0.25, 0.3) is 11.5 Å². The molecule has 0 saturated heterocycles. The summed E-state index contributed by atoms with van der Waals surface area (Å²) < 4.78 is 3.84. The molecule has 4 aromatic rings. The number of aryl methyl sites for hydroxylation is 2. The molecule has 1 aliphatic rings. The molecule has 2 aromatic heterocycles. The van der Waals surface area contributed by atoms with E-state index in [0.29, 0.717) is 12.1 Å². The number of anilines is 1. The van der Waals surface area contributed by atoms with Crippen molar-refractivity contribution in [2.75, 3.05) is 11.4 Å². The van der Waals surface area contributed by atoms with Gasteiger partial charge in [-0.2, -0.15) is 5.10 Å². The Hall–Kier alpha value is -3.60. The second-order valence-electron chi connectivity index (χ2n) is 7.46. The highest BCUT2D eigenvalue weighted by atomic mass is 16.2. The van der Waals surface area contributed by atoms with Crippen LogP contribution in [-0.4, -0.2) is 26.8 Å². The van der Waals surface area contributed by atoms with Crippen molar-refractivity contribution >= 4 is 11.6 Å². The van der Waals surface area contributed by atoms with Crippen LogP contribution in [0.5, 0.6) is 0 Å². The van der Waals surface area contributed by atoms with Crippen LogP contribution >= 0.6 is 0 Å². The molecule has 0 atom stereocenters. The maximum atomic E-state index is 13.7. The summed E-state index contributed by atoms with van der Waals surface area (Å²) in [5.74, 6) is 0.766. The van der Waals surface area contributed by atoms with Crippen LogP contribution in [0.1, 0.15) is 27.2 Å². The van der Waals surface area contributed by atoms with Gasteiger partial charge < -0.3 is 9.47 Å². The average Bonchev–Trinajstić information content (AvgIpc) is 3.45. The van der Waals surface area contributed by atoms with Gasteiger partial charge in [-0.3, -0.25) is 4.79 Å². The van der Waals surface area contributed by atoms with Gasteiger partial charge in [-0.05, 0) is 61.7 Å². The zero-order valence-corrected chi connectivity index (χ0v) is 16.5. The summed E-state index contributed by atoms with van der Waals surface area (Å²) >= 11 is 0. The second-order valence-corrected chi connectivity index (χ2v) is 7.46. The maximum Gasteiger partial charge on any atom is 0.264 e. The van der Waals surface area contributed by atoms with E-state index in [0.717, 1.165) is 34.9 Å². The lowest BCUT2D eigenvalue weighted by Crippen LogP contribution is -2.30. The number of fused-ring (bicyclic) bond motifs is 1. The number of hydrogen-bond donors (Lipinski definition) is 0. The predicted octanol–water partition coefficient (Wildman–Crippen LogP) is 4.48. The van der Waals surface area contributed by atoms with Crippen LogP contribution in [0.15, 0.2) is 73.1 Å². The van der Waals surface area contributed by atoms with Gasteiger partial charge in [-0.1, -0.05) is 30.3 Å². The molecule has 5 rings (SSSR count). The first kappa shape index (κ1) is 17.5. The van der Waals surface area contributed by atoms with Crippen LogP contribution in [0.4, 0.5) is 5.69 Å². The van der Waals surface area contributed by atoms with E-state index in [4.69, 9.17) is 5.10 Å². The SMILES string of the molecule is Cc1cccc(-n2nc(C)c(C(=O)N3CCc4ccccc43)c2-n2cccc2)c1. The fourth-order valence-corrected chi connectivity index (χ4v) is 4.10. The first-order valence-electron chi connectivity index (χ1n) is 9.83. The number of rotatable bonds is 3. The van der Waals surface area contributed by atoms with Crippen LogP contribution in [0, 0.1) is 13.8 Å². The van der Waals surface area contributed by atoms with Crippen molar-refractivity contribution in [1.82, 2.24) is 14.3 Å². The van der Waals surface area contributed by atoms with Gasteiger partial charge in [0.05, 0.1) is 11.4 Å². The van der Waals surface area contributed by atoms with Crippen molar-refractivity contribution in [3.05, 3.63) is 95.4 Å². The minimum Gasteiger partial charge on any atom is -0.308 e. The molecule has 0 spiro atoms. The van der Waals surface area contributed by atoms with Crippen LogP contribution in [-0.2, 0) is 6.42 Å². The first-order chi connectivity index (χ1) is 14.1. The van der Waals surface area contributed by atoms with Crippen LogP contribution < -0.4 is 4.90 Å². The molecule has 0 N–H and O–H groups in total. The minimum atomic E-state index is -0.00458. The van der Waals surface area contributed by atoms with E-state index in [2.05, 4.69) is 25.1 Å². The second kappa shape index (κ2) is 6.78. The minimum absolute atomic E-state index is 0.00458. The van der Waals surface area contributed by atoms with E-state index in [9.17, 15) is 4.79 Å². The molecule has 5 nitrogen and oxygen atoms in total. The van der Waals surface area contributed by atoms with Crippen molar-refractivity contribution in [2.45, 2.75) is 20.3 Å². The Bertz CT molecular complexity index is 1200. The molecule has 5 heteroatoms. The zero-order chi connectivity index (χ0) is 20.0. The molecule has 1 aliphatic heterocycles. The Balaban J connectivity index is 1.69. The van der Waals surface area contributed by atoms with Crippen molar-refractivity contribution in [3.8, 4) is 11.5 Å². The van der Waals surface area contributed by atoms with Gasteiger partial charge in [0.2, 0.25) is 0 Å². The Labute approximate surface area is 169 Å². The van der Waals surface area contributed by atoms with Gasteiger partial charge in [-0.25, -0.2) is 4.68 Å². The third-order valence-corrected chi connectivity index (χ3v) is 5.48. The summed E-state index contributed by atoms with van der Waals surface area (Å²) in [6, 6.07) is 20.2. The fourth-order valence-electron chi connectivity index (χ4n) is 4.10. The highest BCUT2D eigenvalue weighted by molar-refractivity contribution is 6.10. The van der Waals surface area contributed by atoms with Crippen molar-refractivity contribution in [1.29, 1.82) is 0 Å². The molecule has 0 aliphatic carbocycles. The van der Waals surface area contributed by atoms with E-state index in [1.54, 1.807) is 0 Å². The van der Waals surface area contributed by atoms with E-state index in [1.807, 2.05) is 75.9 Å². The molecule has 1 amide bonds. The maximum absolute atomic E-state index is 13.7. The summed E-state index contributed by atoms with van der Waals surface area (Å²) in [5.41, 5.74) is 5.67. The van der Waals surface area contributed by atoms with E-state index < -0.39 is 0 Å². The standard InChI is InChI=1S/C24H22N4O/c1-17-8-7-10-20(16-17)28-23(26-13-5-6-14-26)22(18(2)25-28)24(29)27-15-12-19-9-3-4-11-21(19)27/h3-11,13-14,16H,12,15H2,1-2H3. The summed E-state index contributed by atoms with van der Waals surface area (Å²) in [6.07, 6.45) is 4.79. The molecule has 29 heavy (non-hydrogen) atoms. The molecule has 0 bridgehead atoms. The zero-order valence-electron chi connectivity index (χ0n) is 16.5. The van der Waals surface area contributed by atoms with Gasteiger partial charge in [0.15, 0.2) is 5.82 Å². The third-order valence-electron chi connectivity index (χ3n) is 5.48. The lowest BCUT2D eigenvalue weighted by atomic mass is 10.1. The first-order valence-corrected chi connectivity index (χ1v) is 9.83. The molecule has 0 saturated carbocycles. The molecule has 0 radical (unpaired) electrons.